The lowest BCUT2D eigenvalue weighted by Gasteiger charge is -2.20. The number of rotatable bonds is 5. The topological polar surface area (TPSA) is 21.3 Å². The molecule has 0 unspecified atom stereocenters. The van der Waals surface area contributed by atoms with Crippen molar-refractivity contribution < 1.29 is 13.5 Å². The van der Waals surface area contributed by atoms with Crippen molar-refractivity contribution in [2.45, 2.75) is 32.9 Å². The normalized spacial score (nSPS) is 11.6. The van der Waals surface area contributed by atoms with E-state index in [0.29, 0.717) is 6.54 Å². The number of hydrogen-bond acceptors (Lipinski definition) is 2. The maximum Gasteiger partial charge on any atom is 0.165 e. The van der Waals surface area contributed by atoms with Gasteiger partial charge in [-0.15, -0.1) is 0 Å². The van der Waals surface area contributed by atoms with Crippen LogP contribution in [0.25, 0.3) is 0 Å². The van der Waals surface area contributed by atoms with Crippen LogP contribution in [-0.4, -0.2) is 18.8 Å². The van der Waals surface area contributed by atoms with E-state index < -0.39 is 12.5 Å². The van der Waals surface area contributed by atoms with Crippen molar-refractivity contribution in [1.29, 1.82) is 0 Å². The first-order valence-corrected chi connectivity index (χ1v) is 5.64. The molecular formula is C13H19F2NO. The molecule has 4 heteroatoms. The van der Waals surface area contributed by atoms with E-state index >= 15 is 0 Å². The molecule has 96 valence electrons. The third-order valence-electron chi connectivity index (χ3n) is 2.15. The highest BCUT2D eigenvalue weighted by Gasteiger charge is 2.10. The highest BCUT2D eigenvalue weighted by Crippen LogP contribution is 2.18. The van der Waals surface area contributed by atoms with Crippen LogP contribution in [0.5, 0.6) is 5.75 Å². The van der Waals surface area contributed by atoms with E-state index in [-0.39, 0.29) is 17.9 Å². The first-order valence-electron chi connectivity index (χ1n) is 5.64. The summed E-state index contributed by atoms with van der Waals surface area (Å²) in [6.45, 7) is 5.99. The first-order chi connectivity index (χ1) is 7.92. The molecule has 0 amide bonds. The van der Waals surface area contributed by atoms with Crippen molar-refractivity contribution in [2.24, 2.45) is 0 Å². The summed E-state index contributed by atoms with van der Waals surface area (Å²) in [7, 11) is 0. The smallest absolute Gasteiger partial charge is 0.165 e. The Labute approximate surface area is 101 Å². The Hall–Kier alpha value is -1.16. The third kappa shape index (κ3) is 5.13. The molecule has 0 aliphatic rings. The van der Waals surface area contributed by atoms with Gasteiger partial charge in [0.1, 0.15) is 13.3 Å². The molecule has 0 fully saturated rings. The van der Waals surface area contributed by atoms with Gasteiger partial charge < -0.3 is 10.1 Å². The maximum atomic E-state index is 13.5. The monoisotopic (exact) mass is 243 g/mol. The molecule has 0 atom stereocenters. The summed E-state index contributed by atoms with van der Waals surface area (Å²) in [5.41, 5.74) is 0.824. The van der Waals surface area contributed by atoms with Gasteiger partial charge in [0.05, 0.1) is 0 Å². The standard InChI is InChI=1S/C13H19F2NO/c1-13(2,3)16-9-10-4-5-12(11(15)8-10)17-7-6-14/h4-5,8,16H,6-7,9H2,1-3H3. The van der Waals surface area contributed by atoms with Crippen molar-refractivity contribution in [2.75, 3.05) is 13.3 Å². The average Bonchev–Trinajstić information content (AvgIpc) is 2.24. The van der Waals surface area contributed by atoms with E-state index in [4.69, 9.17) is 4.74 Å². The van der Waals surface area contributed by atoms with Gasteiger partial charge in [0, 0.05) is 12.1 Å². The van der Waals surface area contributed by atoms with E-state index in [2.05, 4.69) is 5.32 Å². The van der Waals surface area contributed by atoms with Gasteiger partial charge >= 0.3 is 0 Å². The average molecular weight is 243 g/mol. The zero-order chi connectivity index (χ0) is 12.9. The van der Waals surface area contributed by atoms with E-state index in [1.54, 1.807) is 6.07 Å². The summed E-state index contributed by atoms with van der Waals surface area (Å²) >= 11 is 0. The summed E-state index contributed by atoms with van der Waals surface area (Å²) in [5.74, 6) is -0.353. The lowest BCUT2D eigenvalue weighted by Crippen LogP contribution is -2.35. The van der Waals surface area contributed by atoms with Crippen LogP contribution in [0, 0.1) is 5.82 Å². The molecule has 1 rings (SSSR count). The number of hydrogen-bond donors (Lipinski definition) is 1. The summed E-state index contributed by atoms with van der Waals surface area (Å²) in [5, 5.41) is 3.26. The Morgan fingerprint density at radius 2 is 2.00 bits per heavy atom. The largest absolute Gasteiger partial charge is 0.488 e. The molecule has 0 heterocycles. The second-order valence-corrected chi connectivity index (χ2v) is 4.91. The second-order valence-electron chi connectivity index (χ2n) is 4.91. The van der Waals surface area contributed by atoms with E-state index in [1.165, 1.54) is 12.1 Å². The van der Waals surface area contributed by atoms with Crippen LogP contribution < -0.4 is 10.1 Å². The summed E-state index contributed by atoms with van der Waals surface area (Å²) in [6.07, 6.45) is 0. The minimum absolute atomic E-state index is 0.0140. The molecule has 0 saturated carbocycles. The zero-order valence-corrected chi connectivity index (χ0v) is 10.5. The van der Waals surface area contributed by atoms with Crippen molar-refractivity contribution in [3.8, 4) is 5.75 Å². The molecule has 0 aliphatic heterocycles. The van der Waals surface area contributed by atoms with Crippen LogP contribution in [0.15, 0.2) is 18.2 Å². The molecule has 0 radical (unpaired) electrons. The zero-order valence-electron chi connectivity index (χ0n) is 10.5. The number of nitrogens with one attached hydrogen (secondary N) is 1. The molecule has 1 N–H and O–H groups in total. The lowest BCUT2D eigenvalue weighted by molar-refractivity contribution is 0.262. The summed E-state index contributed by atoms with van der Waals surface area (Å²) in [6, 6.07) is 4.71. The predicted molar refractivity (Wildman–Crippen MR) is 64.5 cm³/mol. The molecule has 0 spiro atoms. The third-order valence-corrected chi connectivity index (χ3v) is 2.15. The van der Waals surface area contributed by atoms with Crippen LogP contribution in [-0.2, 0) is 6.54 Å². The van der Waals surface area contributed by atoms with Crippen LogP contribution in [0.3, 0.4) is 0 Å². The van der Waals surface area contributed by atoms with Gasteiger partial charge in [0.2, 0.25) is 0 Å². The van der Waals surface area contributed by atoms with Gasteiger partial charge in [-0.25, -0.2) is 8.78 Å². The Morgan fingerprint density at radius 3 is 2.53 bits per heavy atom. The van der Waals surface area contributed by atoms with Gasteiger partial charge in [0.25, 0.3) is 0 Å². The van der Waals surface area contributed by atoms with Crippen LogP contribution in [0.1, 0.15) is 26.3 Å². The molecule has 2 nitrogen and oxygen atoms in total. The first kappa shape index (κ1) is 13.9. The van der Waals surface area contributed by atoms with Gasteiger partial charge in [-0.05, 0) is 38.5 Å². The Bertz CT molecular complexity index is 361. The number of ether oxygens (including phenoxy) is 1. The van der Waals surface area contributed by atoms with Crippen LogP contribution in [0.4, 0.5) is 8.78 Å². The van der Waals surface area contributed by atoms with Gasteiger partial charge in [0.15, 0.2) is 11.6 Å². The molecule has 0 aliphatic carbocycles. The minimum Gasteiger partial charge on any atom is -0.488 e. The number of benzene rings is 1. The highest BCUT2D eigenvalue weighted by atomic mass is 19.1. The Morgan fingerprint density at radius 1 is 1.29 bits per heavy atom. The maximum absolute atomic E-state index is 13.5. The van der Waals surface area contributed by atoms with Crippen LogP contribution in [0.2, 0.25) is 0 Å². The van der Waals surface area contributed by atoms with E-state index in [0.717, 1.165) is 5.56 Å². The lowest BCUT2D eigenvalue weighted by atomic mass is 10.1. The van der Waals surface area contributed by atoms with E-state index in [9.17, 15) is 8.78 Å². The van der Waals surface area contributed by atoms with Gasteiger partial charge in [-0.3, -0.25) is 0 Å². The SMILES string of the molecule is CC(C)(C)NCc1ccc(OCCF)c(F)c1. The fourth-order valence-electron chi connectivity index (χ4n) is 1.29. The Balaban J connectivity index is 2.62. The fraction of sp³-hybridized carbons (Fsp3) is 0.538. The summed E-state index contributed by atoms with van der Waals surface area (Å²) in [4.78, 5) is 0. The van der Waals surface area contributed by atoms with Gasteiger partial charge in [-0.1, -0.05) is 6.07 Å². The van der Waals surface area contributed by atoms with Gasteiger partial charge in [-0.2, -0.15) is 0 Å². The summed E-state index contributed by atoms with van der Waals surface area (Å²) < 4.78 is 30.3. The van der Waals surface area contributed by atoms with Crippen molar-refractivity contribution in [1.82, 2.24) is 5.32 Å². The molecule has 0 bridgehead atoms. The quantitative estimate of drug-likeness (QED) is 0.858. The molecule has 0 saturated heterocycles. The number of alkyl halides is 1. The highest BCUT2D eigenvalue weighted by molar-refractivity contribution is 5.29. The minimum atomic E-state index is -0.618. The molecular weight excluding hydrogens is 224 g/mol. The molecule has 17 heavy (non-hydrogen) atoms. The van der Waals surface area contributed by atoms with Crippen molar-refractivity contribution in [3.05, 3.63) is 29.6 Å². The van der Waals surface area contributed by atoms with Crippen molar-refractivity contribution in [3.63, 3.8) is 0 Å². The molecule has 0 aromatic heterocycles. The molecule has 1 aromatic rings. The predicted octanol–water partition coefficient (Wildman–Crippen LogP) is 3.06. The second kappa shape index (κ2) is 5.96. The fourth-order valence-corrected chi connectivity index (χ4v) is 1.29. The number of halogens is 2. The van der Waals surface area contributed by atoms with Crippen molar-refractivity contribution >= 4 is 0 Å². The Kier molecular flexibility index (Phi) is 4.87. The molecule has 1 aromatic carbocycles. The van der Waals surface area contributed by atoms with Crippen LogP contribution >= 0.6 is 0 Å². The van der Waals surface area contributed by atoms with E-state index in [1.807, 2.05) is 20.8 Å².